The molecule has 1 fully saturated rings. The van der Waals surface area contributed by atoms with Gasteiger partial charge in [-0.2, -0.15) is 0 Å². The molecule has 0 bridgehead atoms. The molecule has 1 aliphatic carbocycles. The second-order valence-corrected chi connectivity index (χ2v) is 6.96. The fraction of sp³-hybridized carbons (Fsp3) is 0.412. The Labute approximate surface area is 129 Å². The van der Waals surface area contributed by atoms with E-state index in [0.29, 0.717) is 18.3 Å². The van der Waals surface area contributed by atoms with E-state index < -0.39 is 0 Å². The number of nitrogens with one attached hydrogen (secondary N) is 1. The van der Waals surface area contributed by atoms with E-state index in [9.17, 15) is 4.79 Å². The molecule has 0 atom stereocenters. The SMILES string of the molecule is CC(C)CC(=O)Nc1ccc(-c2csc(C3CC3)n2)cc1. The lowest BCUT2D eigenvalue weighted by Crippen LogP contribution is -2.13. The molecular formula is C17H20N2OS. The smallest absolute Gasteiger partial charge is 0.224 e. The fourth-order valence-electron chi connectivity index (χ4n) is 2.25. The molecule has 2 aromatic rings. The van der Waals surface area contributed by atoms with Gasteiger partial charge in [0.05, 0.1) is 10.7 Å². The quantitative estimate of drug-likeness (QED) is 0.871. The number of anilines is 1. The third-order valence-electron chi connectivity index (χ3n) is 3.51. The lowest BCUT2D eigenvalue weighted by molar-refractivity contribution is -0.116. The average molecular weight is 300 g/mol. The van der Waals surface area contributed by atoms with E-state index in [1.54, 1.807) is 11.3 Å². The standard InChI is InChI=1S/C17H20N2OS/c1-11(2)9-16(20)18-14-7-5-12(6-8-14)15-10-21-17(19-15)13-3-4-13/h5-8,10-11,13H,3-4,9H2,1-2H3,(H,18,20). The second-order valence-electron chi connectivity index (χ2n) is 6.07. The Kier molecular flexibility index (Phi) is 4.06. The maximum atomic E-state index is 11.7. The summed E-state index contributed by atoms with van der Waals surface area (Å²) >= 11 is 1.76. The summed E-state index contributed by atoms with van der Waals surface area (Å²) in [5.41, 5.74) is 3.00. The molecule has 3 nitrogen and oxygen atoms in total. The first-order valence-corrected chi connectivity index (χ1v) is 8.35. The first-order chi connectivity index (χ1) is 10.1. The number of hydrogen-bond acceptors (Lipinski definition) is 3. The van der Waals surface area contributed by atoms with Gasteiger partial charge < -0.3 is 5.32 Å². The molecule has 4 heteroatoms. The van der Waals surface area contributed by atoms with Crippen molar-refractivity contribution in [2.24, 2.45) is 5.92 Å². The molecule has 1 aromatic heterocycles. The van der Waals surface area contributed by atoms with Crippen molar-refractivity contribution in [2.75, 3.05) is 5.32 Å². The number of amides is 1. The average Bonchev–Trinajstić information content (AvgIpc) is 3.17. The highest BCUT2D eigenvalue weighted by molar-refractivity contribution is 7.10. The molecule has 0 spiro atoms. The fourth-order valence-corrected chi connectivity index (χ4v) is 3.25. The van der Waals surface area contributed by atoms with Crippen molar-refractivity contribution < 1.29 is 4.79 Å². The van der Waals surface area contributed by atoms with Crippen LogP contribution in [0.1, 0.15) is 44.0 Å². The number of thiazole rings is 1. The van der Waals surface area contributed by atoms with Crippen LogP contribution in [0.25, 0.3) is 11.3 Å². The predicted molar refractivity (Wildman–Crippen MR) is 87.6 cm³/mol. The molecule has 0 saturated heterocycles. The Bertz CT molecular complexity index is 626. The number of benzene rings is 1. The summed E-state index contributed by atoms with van der Waals surface area (Å²) in [4.78, 5) is 16.4. The summed E-state index contributed by atoms with van der Waals surface area (Å²) in [5, 5.41) is 6.32. The number of rotatable bonds is 5. The third kappa shape index (κ3) is 3.70. The van der Waals surface area contributed by atoms with Crippen LogP contribution < -0.4 is 5.32 Å². The van der Waals surface area contributed by atoms with Gasteiger partial charge >= 0.3 is 0 Å². The number of aromatic nitrogens is 1. The monoisotopic (exact) mass is 300 g/mol. The third-order valence-corrected chi connectivity index (χ3v) is 4.51. The van der Waals surface area contributed by atoms with Crippen LogP contribution in [0, 0.1) is 5.92 Å². The van der Waals surface area contributed by atoms with Crippen LogP contribution in [0.4, 0.5) is 5.69 Å². The molecule has 3 rings (SSSR count). The van der Waals surface area contributed by atoms with Gasteiger partial charge in [-0.25, -0.2) is 4.98 Å². The maximum Gasteiger partial charge on any atom is 0.224 e. The van der Waals surface area contributed by atoms with Gasteiger partial charge in [0.25, 0.3) is 0 Å². The van der Waals surface area contributed by atoms with E-state index >= 15 is 0 Å². The van der Waals surface area contributed by atoms with Gasteiger partial charge in [0, 0.05) is 29.0 Å². The normalized spacial score (nSPS) is 14.4. The number of carbonyl (C=O) groups is 1. The predicted octanol–water partition coefficient (Wildman–Crippen LogP) is 4.67. The molecule has 0 radical (unpaired) electrons. The number of carbonyl (C=O) groups excluding carboxylic acids is 1. The van der Waals surface area contributed by atoms with E-state index in [1.807, 2.05) is 38.1 Å². The summed E-state index contributed by atoms with van der Waals surface area (Å²) in [5.74, 6) is 1.15. The zero-order valence-corrected chi connectivity index (χ0v) is 13.2. The zero-order valence-electron chi connectivity index (χ0n) is 12.4. The Balaban J connectivity index is 1.66. The Morgan fingerprint density at radius 3 is 2.67 bits per heavy atom. The van der Waals surface area contributed by atoms with Crippen LogP contribution >= 0.6 is 11.3 Å². The van der Waals surface area contributed by atoms with Crippen molar-refractivity contribution >= 4 is 22.9 Å². The maximum absolute atomic E-state index is 11.7. The summed E-state index contributed by atoms with van der Waals surface area (Å²) in [6, 6.07) is 7.95. The molecule has 0 aliphatic heterocycles. The second kappa shape index (κ2) is 5.98. The molecule has 1 aromatic carbocycles. The van der Waals surface area contributed by atoms with Crippen LogP contribution in [0.5, 0.6) is 0 Å². The minimum atomic E-state index is 0.0717. The Morgan fingerprint density at radius 1 is 1.33 bits per heavy atom. The lowest BCUT2D eigenvalue weighted by atomic mass is 10.1. The van der Waals surface area contributed by atoms with Crippen molar-refractivity contribution in [2.45, 2.75) is 39.0 Å². The molecule has 1 N–H and O–H groups in total. The lowest BCUT2D eigenvalue weighted by Gasteiger charge is -2.07. The molecular weight excluding hydrogens is 280 g/mol. The molecule has 0 unspecified atom stereocenters. The Hall–Kier alpha value is -1.68. The summed E-state index contributed by atoms with van der Waals surface area (Å²) in [7, 11) is 0. The van der Waals surface area contributed by atoms with Gasteiger partial charge in [-0.1, -0.05) is 26.0 Å². The first-order valence-electron chi connectivity index (χ1n) is 7.47. The van der Waals surface area contributed by atoms with Gasteiger partial charge in [-0.3, -0.25) is 4.79 Å². The van der Waals surface area contributed by atoms with E-state index in [-0.39, 0.29) is 5.91 Å². The van der Waals surface area contributed by atoms with Crippen LogP contribution in [0.2, 0.25) is 0 Å². The van der Waals surface area contributed by atoms with E-state index in [0.717, 1.165) is 16.9 Å². The Morgan fingerprint density at radius 2 is 2.05 bits per heavy atom. The minimum Gasteiger partial charge on any atom is -0.326 e. The van der Waals surface area contributed by atoms with Crippen LogP contribution in [0.15, 0.2) is 29.6 Å². The van der Waals surface area contributed by atoms with Crippen molar-refractivity contribution in [3.8, 4) is 11.3 Å². The van der Waals surface area contributed by atoms with Crippen molar-refractivity contribution in [3.05, 3.63) is 34.7 Å². The zero-order chi connectivity index (χ0) is 14.8. The molecule has 1 heterocycles. The van der Waals surface area contributed by atoms with Gasteiger partial charge in [0.2, 0.25) is 5.91 Å². The minimum absolute atomic E-state index is 0.0717. The molecule has 110 valence electrons. The van der Waals surface area contributed by atoms with Gasteiger partial charge in [-0.15, -0.1) is 11.3 Å². The molecule has 21 heavy (non-hydrogen) atoms. The summed E-state index contributed by atoms with van der Waals surface area (Å²) in [6.07, 6.45) is 3.13. The van der Waals surface area contributed by atoms with Crippen LogP contribution in [-0.2, 0) is 4.79 Å². The largest absolute Gasteiger partial charge is 0.326 e. The van der Waals surface area contributed by atoms with E-state index in [4.69, 9.17) is 4.98 Å². The highest BCUT2D eigenvalue weighted by Crippen LogP contribution is 2.42. The first kappa shape index (κ1) is 14.3. The van der Waals surface area contributed by atoms with Gasteiger partial charge in [-0.05, 0) is 30.9 Å². The van der Waals surface area contributed by atoms with E-state index in [2.05, 4.69) is 10.7 Å². The van der Waals surface area contributed by atoms with Crippen LogP contribution in [-0.4, -0.2) is 10.9 Å². The van der Waals surface area contributed by atoms with Crippen LogP contribution in [0.3, 0.4) is 0 Å². The highest BCUT2D eigenvalue weighted by Gasteiger charge is 2.26. The van der Waals surface area contributed by atoms with Gasteiger partial charge in [0.1, 0.15) is 0 Å². The highest BCUT2D eigenvalue weighted by atomic mass is 32.1. The summed E-state index contributed by atoms with van der Waals surface area (Å²) < 4.78 is 0. The van der Waals surface area contributed by atoms with E-state index in [1.165, 1.54) is 17.8 Å². The summed E-state index contributed by atoms with van der Waals surface area (Å²) in [6.45, 7) is 4.09. The topological polar surface area (TPSA) is 42.0 Å². The molecule has 1 amide bonds. The number of nitrogens with zero attached hydrogens (tertiary/aromatic N) is 1. The van der Waals surface area contributed by atoms with Crippen molar-refractivity contribution in [1.29, 1.82) is 0 Å². The van der Waals surface area contributed by atoms with Gasteiger partial charge in [0.15, 0.2) is 0 Å². The molecule has 1 saturated carbocycles. The van der Waals surface area contributed by atoms with Crippen molar-refractivity contribution in [1.82, 2.24) is 4.98 Å². The van der Waals surface area contributed by atoms with Crippen molar-refractivity contribution in [3.63, 3.8) is 0 Å². The number of hydrogen-bond donors (Lipinski definition) is 1. The molecule has 1 aliphatic rings.